The Balaban J connectivity index is 2.26. The number of benzene rings is 1. The number of rotatable bonds is 4. The Labute approximate surface area is 122 Å². The predicted octanol–water partition coefficient (Wildman–Crippen LogP) is 1.44. The second kappa shape index (κ2) is 5.43. The van der Waals surface area contributed by atoms with Crippen molar-refractivity contribution in [3.8, 4) is 0 Å². The van der Waals surface area contributed by atoms with E-state index in [4.69, 9.17) is 17.3 Å². The molecule has 0 amide bonds. The van der Waals surface area contributed by atoms with E-state index in [-0.39, 0.29) is 22.2 Å². The molecule has 1 aromatic heterocycles. The summed E-state index contributed by atoms with van der Waals surface area (Å²) in [4.78, 5) is -0.0942. The molecule has 2 aromatic rings. The van der Waals surface area contributed by atoms with E-state index in [1.807, 2.05) is 6.92 Å². The monoisotopic (exact) mass is 314 g/mol. The average Bonchev–Trinajstić information content (AvgIpc) is 2.65. The summed E-state index contributed by atoms with van der Waals surface area (Å²) in [6.07, 6.45) is 1.76. The molecule has 0 aliphatic carbocycles. The number of sulfonamides is 1. The van der Waals surface area contributed by atoms with Gasteiger partial charge in [-0.05, 0) is 19.1 Å². The summed E-state index contributed by atoms with van der Waals surface area (Å²) in [7, 11) is -2.00. The van der Waals surface area contributed by atoms with E-state index in [1.54, 1.807) is 24.0 Å². The molecule has 0 spiro atoms. The minimum atomic E-state index is -3.77. The number of aryl methyl sites for hydroxylation is 2. The van der Waals surface area contributed by atoms with Crippen LogP contribution in [0.15, 0.2) is 29.3 Å². The number of nitrogens with one attached hydrogen (secondary N) is 1. The van der Waals surface area contributed by atoms with Gasteiger partial charge in [0.1, 0.15) is 4.90 Å². The van der Waals surface area contributed by atoms with Crippen LogP contribution in [-0.4, -0.2) is 18.2 Å². The van der Waals surface area contributed by atoms with Crippen molar-refractivity contribution < 1.29 is 8.42 Å². The van der Waals surface area contributed by atoms with E-state index in [0.717, 1.165) is 11.3 Å². The van der Waals surface area contributed by atoms with Crippen LogP contribution in [0, 0.1) is 6.92 Å². The van der Waals surface area contributed by atoms with Crippen molar-refractivity contribution in [1.29, 1.82) is 0 Å². The number of nitrogens with zero attached hydrogens (tertiary/aromatic N) is 2. The van der Waals surface area contributed by atoms with Crippen LogP contribution in [0.5, 0.6) is 0 Å². The number of aromatic nitrogens is 2. The van der Waals surface area contributed by atoms with Gasteiger partial charge in [-0.1, -0.05) is 17.7 Å². The Hall–Kier alpha value is -1.57. The molecule has 0 aliphatic rings. The zero-order valence-electron chi connectivity index (χ0n) is 11.1. The second-order valence-corrected chi connectivity index (χ2v) is 6.51. The SMILES string of the molecule is Cc1nn(C)cc1CNS(=O)(=O)c1c(N)cccc1Cl. The number of hydrogen-bond acceptors (Lipinski definition) is 4. The molecule has 0 unspecified atom stereocenters. The minimum absolute atomic E-state index is 0.0942. The second-order valence-electron chi connectivity index (χ2n) is 4.40. The number of nitrogen functional groups attached to an aromatic ring is 1. The van der Waals surface area contributed by atoms with Gasteiger partial charge in [0.2, 0.25) is 10.0 Å². The summed E-state index contributed by atoms with van der Waals surface area (Å²) in [6.45, 7) is 1.94. The lowest BCUT2D eigenvalue weighted by Gasteiger charge is -2.10. The normalized spacial score (nSPS) is 11.8. The number of anilines is 1. The topological polar surface area (TPSA) is 90.0 Å². The summed E-state index contributed by atoms with van der Waals surface area (Å²) in [5, 5.41) is 4.25. The number of halogens is 1. The standard InChI is InChI=1S/C12H15ClN4O2S/c1-8-9(7-17(2)16-8)6-15-20(18,19)12-10(13)4-3-5-11(12)14/h3-5,7,15H,6,14H2,1-2H3. The van der Waals surface area contributed by atoms with E-state index in [1.165, 1.54) is 12.1 Å². The molecule has 8 heteroatoms. The van der Waals surface area contributed by atoms with Gasteiger partial charge in [0, 0.05) is 25.4 Å². The first-order valence-corrected chi connectivity index (χ1v) is 7.70. The fourth-order valence-corrected chi connectivity index (χ4v) is 3.56. The third-order valence-electron chi connectivity index (χ3n) is 2.83. The molecule has 0 aliphatic heterocycles. The van der Waals surface area contributed by atoms with Gasteiger partial charge < -0.3 is 5.73 Å². The molecule has 3 N–H and O–H groups in total. The van der Waals surface area contributed by atoms with Gasteiger partial charge in [-0.15, -0.1) is 0 Å². The molecule has 0 fully saturated rings. The Morgan fingerprint density at radius 3 is 2.70 bits per heavy atom. The Kier molecular flexibility index (Phi) is 4.03. The van der Waals surface area contributed by atoms with Crippen LogP contribution in [-0.2, 0) is 23.6 Å². The van der Waals surface area contributed by atoms with Gasteiger partial charge in [-0.3, -0.25) is 4.68 Å². The first kappa shape index (κ1) is 14.8. The Morgan fingerprint density at radius 2 is 2.15 bits per heavy atom. The minimum Gasteiger partial charge on any atom is -0.398 e. The van der Waals surface area contributed by atoms with Crippen molar-refractivity contribution >= 4 is 27.3 Å². The molecule has 0 radical (unpaired) electrons. The largest absolute Gasteiger partial charge is 0.398 e. The molecule has 20 heavy (non-hydrogen) atoms. The zero-order chi connectivity index (χ0) is 14.9. The fraction of sp³-hybridized carbons (Fsp3) is 0.250. The van der Waals surface area contributed by atoms with Crippen LogP contribution in [0.4, 0.5) is 5.69 Å². The van der Waals surface area contributed by atoms with Crippen LogP contribution in [0.25, 0.3) is 0 Å². The van der Waals surface area contributed by atoms with Gasteiger partial charge in [0.15, 0.2) is 0 Å². The van der Waals surface area contributed by atoms with Crippen molar-refractivity contribution in [2.24, 2.45) is 7.05 Å². The summed E-state index contributed by atoms with van der Waals surface area (Å²) >= 11 is 5.92. The summed E-state index contributed by atoms with van der Waals surface area (Å²) < 4.78 is 28.6. The molecule has 6 nitrogen and oxygen atoms in total. The van der Waals surface area contributed by atoms with Crippen molar-refractivity contribution in [2.45, 2.75) is 18.4 Å². The van der Waals surface area contributed by atoms with Crippen LogP contribution >= 0.6 is 11.6 Å². The summed E-state index contributed by atoms with van der Waals surface area (Å²) in [6, 6.07) is 4.58. The van der Waals surface area contributed by atoms with Crippen molar-refractivity contribution in [3.05, 3.63) is 40.7 Å². The zero-order valence-corrected chi connectivity index (χ0v) is 12.7. The fourth-order valence-electron chi connectivity index (χ4n) is 1.88. The molecule has 0 saturated heterocycles. The molecular weight excluding hydrogens is 300 g/mol. The van der Waals surface area contributed by atoms with E-state index in [9.17, 15) is 8.42 Å². The molecule has 0 bridgehead atoms. The van der Waals surface area contributed by atoms with E-state index < -0.39 is 10.0 Å². The smallest absolute Gasteiger partial charge is 0.244 e. The maximum absolute atomic E-state index is 12.3. The number of nitrogens with two attached hydrogens (primary N) is 1. The number of hydrogen-bond donors (Lipinski definition) is 2. The van der Waals surface area contributed by atoms with Crippen LogP contribution in [0.3, 0.4) is 0 Å². The summed E-state index contributed by atoms with van der Waals surface area (Å²) in [5.41, 5.74) is 7.37. The van der Waals surface area contributed by atoms with Gasteiger partial charge in [-0.25, -0.2) is 13.1 Å². The Morgan fingerprint density at radius 1 is 1.45 bits per heavy atom. The molecule has 0 atom stereocenters. The molecule has 0 saturated carbocycles. The quantitative estimate of drug-likeness (QED) is 0.836. The molecule has 108 valence electrons. The third-order valence-corrected chi connectivity index (χ3v) is 4.78. The maximum Gasteiger partial charge on any atom is 0.244 e. The van der Waals surface area contributed by atoms with Crippen LogP contribution < -0.4 is 10.5 Å². The highest BCUT2D eigenvalue weighted by Gasteiger charge is 2.21. The van der Waals surface area contributed by atoms with E-state index in [0.29, 0.717) is 0 Å². The van der Waals surface area contributed by atoms with Crippen LogP contribution in [0.1, 0.15) is 11.3 Å². The highest BCUT2D eigenvalue weighted by molar-refractivity contribution is 7.89. The first-order chi connectivity index (χ1) is 9.31. The lowest BCUT2D eigenvalue weighted by atomic mass is 10.3. The van der Waals surface area contributed by atoms with Gasteiger partial charge in [-0.2, -0.15) is 5.10 Å². The Bertz CT molecular complexity index is 720. The highest BCUT2D eigenvalue weighted by Crippen LogP contribution is 2.27. The van der Waals surface area contributed by atoms with Gasteiger partial charge in [0.25, 0.3) is 0 Å². The van der Waals surface area contributed by atoms with Gasteiger partial charge >= 0.3 is 0 Å². The average molecular weight is 315 g/mol. The molecule has 1 heterocycles. The van der Waals surface area contributed by atoms with Gasteiger partial charge in [0.05, 0.1) is 16.4 Å². The molecule has 2 rings (SSSR count). The molecular formula is C12H15ClN4O2S. The lowest BCUT2D eigenvalue weighted by Crippen LogP contribution is -2.24. The van der Waals surface area contributed by atoms with E-state index in [2.05, 4.69) is 9.82 Å². The highest BCUT2D eigenvalue weighted by atomic mass is 35.5. The van der Waals surface area contributed by atoms with Crippen molar-refractivity contribution in [3.63, 3.8) is 0 Å². The van der Waals surface area contributed by atoms with E-state index >= 15 is 0 Å². The first-order valence-electron chi connectivity index (χ1n) is 5.84. The summed E-state index contributed by atoms with van der Waals surface area (Å²) in [5.74, 6) is 0. The predicted molar refractivity (Wildman–Crippen MR) is 77.8 cm³/mol. The van der Waals surface area contributed by atoms with Crippen LogP contribution in [0.2, 0.25) is 5.02 Å². The van der Waals surface area contributed by atoms with Crippen molar-refractivity contribution in [2.75, 3.05) is 5.73 Å². The maximum atomic E-state index is 12.3. The van der Waals surface area contributed by atoms with Crippen molar-refractivity contribution in [1.82, 2.24) is 14.5 Å². The third kappa shape index (κ3) is 2.95. The molecule has 1 aromatic carbocycles. The lowest BCUT2D eigenvalue weighted by molar-refractivity contribution is 0.581.